The van der Waals surface area contributed by atoms with Gasteiger partial charge < -0.3 is 20.2 Å². The molecule has 0 bridgehead atoms. The molecule has 3 N–H and O–H groups in total. The molecule has 1 heterocycles. The van der Waals surface area contributed by atoms with Crippen LogP contribution in [0.5, 0.6) is 5.75 Å². The average Bonchev–Trinajstić information content (AvgIpc) is 2.54. The van der Waals surface area contributed by atoms with Crippen LogP contribution >= 0.6 is 0 Å². The molecule has 0 radical (unpaired) electrons. The number of ether oxygens (including phenoxy) is 1. The van der Waals surface area contributed by atoms with Crippen molar-refractivity contribution < 1.29 is 9.94 Å². The van der Waals surface area contributed by atoms with Gasteiger partial charge in [-0.2, -0.15) is 0 Å². The van der Waals surface area contributed by atoms with Crippen LogP contribution in [0, 0.1) is 0 Å². The van der Waals surface area contributed by atoms with Gasteiger partial charge >= 0.3 is 0 Å². The van der Waals surface area contributed by atoms with Gasteiger partial charge in [0.2, 0.25) is 0 Å². The van der Waals surface area contributed by atoms with Gasteiger partial charge in [-0.1, -0.05) is 24.2 Å². The summed E-state index contributed by atoms with van der Waals surface area (Å²) in [6, 6.07) is 10.5. The van der Waals surface area contributed by atoms with Crippen molar-refractivity contribution in [3.8, 4) is 5.75 Å². The SMILES string of the molecule is CCCOc1cccc(Cn2cc(/C(N)=N/O)ccc2=O)c1. The number of rotatable bonds is 6. The van der Waals surface area contributed by atoms with E-state index in [2.05, 4.69) is 5.16 Å². The van der Waals surface area contributed by atoms with Crippen LogP contribution in [-0.4, -0.2) is 22.2 Å². The molecule has 0 unspecified atom stereocenters. The van der Waals surface area contributed by atoms with Crippen molar-refractivity contribution in [1.29, 1.82) is 0 Å². The lowest BCUT2D eigenvalue weighted by molar-refractivity contribution is 0.317. The van der Waals surface area contributed by atoms with Crippen molar-refractivity contribution in [3.05, 3.63) is 64.1 Å². The molecule has 0 aliphatic heterocycles. The maximum absolute atomic E-state index is 11.9. The van der Waals surface area contributed by atoms with E-state index in [4.69, 9.17) is 15.7 Å². The molecule has 22 heavy (non-hydrogen) atoms. The summed E-state index contributed by atoms with van der Waals surface area (Å²) in [4.78, 5) is 11.9. The number of hydrogen-bond donors (Lipinski definition) is 2. The van der Waals surface area contributed by atoms with E-state index in [1.807, 2.05) is 31.2 Å². The summed E-state index contributed by atoms with van der Waals surface area (Å²) in [5.41, 5.74) is 6.82. The molecule has 0 saturated carbocycles. The summed E-state index contributed by atoms with van der Waals surface area (Å²) in [7, 11) is 0. The Labute approximate surface area is 128 Å². The number of oxime groups is 1. The van der Waals surface area contributed by atoms with Gasteiger partial charge in [-0.3, -0.25) is 4.79 Å². The summed E-state index contributed by atoms with van der Waals surface area (Å²) < 4.78 is 7.09. The number of hydrogen-bond acceptors (Lipinski definition) is 4. The molecule has 1 aromatic carbocycles. The van der Waals surface area contributed by atoms with Crippen LogP contribution in [0.25, 0.3) is 0 Å². The van der Waals surface area contributed by atoms with Crippen LogP contribution in [0.1, 0.15) is 24.5 Å². The molecule has 6 nitrogen and oxygen atoms in total. The summed E-state index contributed by atoms with van der Waals surface area (Å²) >= 11 is 0. The van der Waals surface area contributed by atoms with E-state index in [1.54, 1.807) is 6.20 Å². The second kappa shape index (κ2) is 7.31. The minimum Gasteiger partial charge on any atom is -0.494 e. The molecule has 0 spiro atoms. The van der Waals surface area contributed by atoms with Gasteiger partial charge in [0, 0.05) is 17.8 Å². The van der Waals surface area contributed by atoms with Gasteiger partial charge in [-0.25, -0.2) is 0 Å². The zero-order valence-electron chi connectivity index (χ0n) is 12.4. The predicted octanol–water partition coefficient (Wildman–Crippen LogP) is 1.78. The van der Waals surface area contributed by atoms with Crippen molar-refractivity contribution in [1.82, 2.24) is 4.57 Å². The molecule has 6 heteroatoms. The second-order valence-electron chi connectivity index (χ2n) is 4.87. The first-order valence-corrected chi connectivity index (χ1v) is 7.04. The summed E-state index contributed by atoms with van der Waals surface area (Å²) in [5, 5.41) is 11.7. The van der Waals surface area contributed by atoms with E-state index < -0.39 is 0 Å². The number of aromatic nitrogens is 1. The molecule has 0 fully saturated rings. The smallest absolute Gasteiger partial charge is 0.250 e. The first kappa shape index (κ1) is 15.6. The van der Waals surface area contributed by atoms with Crippen molar-refractivity contribution >= 4 is 5.84 Å². The maximum atomic E-state index is 11.9. The highest BCUT2D eigenvalue weighted by Gasteiger charge is 2.04. The van der Waals surface area contributed by atoms with Crippen molar-refractivity contribution in [2.75, 3.05) is 6.61 Å². The molecule has 0 atom stereocenters. The van der Waals surface area contributed by atoms with Crippen LogP contribution in [-0.2, 0) is 6.54 Å². The Hall–Kier alpha value is -2.76. The lowest BCUT2D eigenvalue weighted by Gasteiger charge is -2.10. The van der Waals surface area contributed by atoms with Crippen LogP contribution < -0.4 is 16.0 Å². The molecule has 0 saturated heterocycles. The molecule has 116 valence electrons. The number of benzene rings is 1. The minimum atomic E-state index is -0.158. The lowest BCUT2D eigenvalue weighted by Crippen LogP contribution is -2.23. The maximum Gasteiger partial charge on any atom is 0.250 e. The highest BCUT2D eigenvalue weighted by molar-refractivity contribution is 5.96. The van der Waals surface area contributed by atoms with E-state index in [0.717, 1.165) is 17.7 Å². The Bertz CT molecular complexity index is 723. The average molecular weight is 301 g/mol. The number of nitrogens with two attached hydrogens (primary N) is 1. The second-order valence-corrected chi connectivity index (χ2v) is 4.87. The fraction of sp³-hybridized carbons (Fsp3) is 0.250. The molecule has 0 aliphatic rings. The van der Waals surface area contributed by atoms with Crippen molar-refractivity contribution in [2.45, 2.75) is 19.9 Å². The Morgan fingerprint density at radius 3 is 2.91 bits per heavy atom. The third-order valence-corrected chi connectivity index (χ3v) is 3.11. The van der Waals surface area contributed by atoms with E-state index in [0.29, 0.717) is 18.7 Å². The predicted molar refractivity (Wildman–Crippen MR) is 84.5 cm³/mol. The molecular formula is C16H19N3O3. The lowest BCUT2D eigenvalue weighted by atomic mass is 10.2. The first-order valence-electron chi connectivity index (χ1n) is 7.04. The quantitative estimate of drug-likeness (QED) is 0.368. The van der Waals surface area contributed by atoms with E-state index in [1.165, 1.54) is 16.7 Å². The zero-order chi connectivity index (χ0) is 15.9. The Morgan fingerprint density at radius 2 is 2.18 bits per heavy atom. The molecular weight excluding hydrogens is 282 g/mol. The van der Waals surface area contributed by atoms with Gasteiger partial charge in [0.25, 0.3) is 5.56 Å². The highest BCUT2D eigenvalue weighted by Crippen LogP contribution is 2.14. The summed E-state index contributed by atoms with van der Waals surface area (Å²) in [6.07, 6.45) is 2.50. The van der Waals surface area contributed by atoms with Gasteiger partial charge in [-0.15, -0.1) is 0 Å². The molecule has 2 aromatic rings. The Morgan fingerprint density at radius 1 is 1.36 bits per heavy atom. The largest absolute Gasteiger partial charge is 0.494 e. The van der Waals surface area contributed by atoms with Crippen LogP contribution in [0.2, 0.25) is 0 Å². The molecule has 1 aromatic heterocycles. The molecule has 0 amide bonds. The Balaban J connectivity index is 2.25. The summed E-state index contributed by atoms with van der Waals surface area (Å²) in [6.45, 7) is 3.08. The van der Waals surface area contributed by atoms with Crippen LogP contribution in [0.3, 0.4) is 0 Å². The minimum absolute atomic E-state index is 0.0335. The van der Waals surface area contributed by atoms with Gasteiger partial charge in [-0.05, 0) is 30.2 Å². The highest BCUT2D eigenvalue weighted by atomic mass is 16.5. The van der Waals surface area contributed by atoms with E-state index >= 15 is 0 Å². The van der Waals surface area contributed by atoms with Crippen LogP contribution in [0.4, 0.5) is 0 Å². The van der Waals surface area contributed by atoms with Gasteiger partial charge in [0.1, 0.15) is 5.75 Å². The van der Waals surface area contributed by atoms with Gasteiger partial charge in [0.05, 0.1) is 13.2 Å². The van der Waals surface area contributed by atoms with Crippen molar-refractivity contribution in [3.63, 3.8) is 0 Å². The monoisotopic (exact) mass is 301 g/mol. The fourth-order valence-electron chi connectivity index (χ4n) is 2.01. The zero-order valence-corrected chi connectivity index (χ0v) is 12.4. The van der Waals surface area contributed by atoms with Crippen molar-refractivity contribution in [2.24, 2.45) is 10.9 Å². The first-order chi connectivity index (χ1) is 10.6. The number of pyridine rings is 1. The normalized spacial score (nSPS) is 11.4. The molecule has 0 aliphatic carbocycles. The molecule has 2 rings (SSSR count). The third-order valence-electron chi connectivity index (χ3n) is 3.11. The number of nitrogens with zero attached hydrogens (tertiary/aromatic N) is 2. The van der Waals surface area contributed by atoms with E-state index in [-0.39, 0.29) is 11.4 Å². The van der Waals surface area contributed by atoms with Gasteiger partial charge in [0.15, 0.2) is 5.84 Å². The Kier molecular flexibility index (Phi) is 5.19. The van der Waals surface area contributed by atoms with E-state index in [9.17, 15) is 4.79 Å². The topological polar surface area (TPSA) is 89.8 Å². The third kappa shape index (κ3) is 3.88. The number of amidine groups is 1. The summed E-state index contributed by atoms with van der Waals surface area (Å²) in [5.74, 6) is 0.744. The fourth-order valence-corrected chi connectivity index (χ4v) is 2.01. The van der Waals surface area contributed by atoms with Crippen LogP contribution in [0.15, 0.2) is 52.5 Å². The standard InChI is InChI=1S/C16H19N3O3/c1-2-8-22-14-5-3-4-12(9-14)10-19-11-13(16(17)18-21)6-7-15(19)20/h3-7,9,11,21H,2,8,10H2,1H3,(H2,17,18).